The normalized spacial score (nSPS) is 18.4. The molecule has 1 saturated heterocycles. The molecule has 1 unspecified atom stereocenters. The summed E-state index contributed by atoms with van der Waals surface area (Å²) in [5.41, 5.74) is 1.02. The summed E-state index contributed by atoms with van der Waals surface area (Å²) in [5, 5.41) is 6.41. The Morgan fingerprint density at radius 1 is 1.35 bits per heavy atom. The number of hydrogen-bond donors (Lipinski definition) is 2. The Morgan fingerprint density at radius 2 is 2.00 bits per heavy atom. The molecular weight excluding hydrogens is 295 g/mol. The summed E-state index contributed by atoms with van der Waals surface area (Å²) in [6.45, 7) is 5.23. The first-order valence-electron chi connectivity index (χ1n) is 8.26. The minimum atomic E-state index is -0.252. The fourth-order valence-electron chi connectivity index (χ4n) is 3.18. The number of benzene rings is 1. The van der Waals surface area contributed by atoms with E-state index in [4.69, 9.17) is 4.74 Å². The summed E-state index contributed by atoms with van der Waals surface area (Å²) in [4.78, 5) is 12.2. The van der Waals surface area contributed by atoms with Crippen LogP contribution in [0.2, 0.25) is 0 Å². The van der Waals surface area contributed by atoms with Crippen molar-refractivity contribution < 1.29 is 13.9 Å². The highest BCUT2D eigenvalue weighted by atomic mass is 19.1. The molecule has 128 valence electrons. The molecule has 0 aliphatic carbocycles. The van der Waals surface area contributed by atoms with Crippen LogP contribution in [0.15, 0.2) is 24.3 Å². The van der Waals surface area contributed by atoms with Gasteiger partial charge in [0.2, 0.25) is 5.91 Å². The molecule has 0 bridgehead atoms. The number of amides is 1. The molecule has 1 aliphatic heterocycles. The number of ether oxygens (including phenoxy) is 1. The molecule has 1 atom stereocenters. The maximum atomic E-state index is 13.0. The fraction of sp³-hybridized carbons (Fsp3) is 0.611. The van der Waals surface area contributed by atoms with Gasteiger partial charge in [0.15, 0.2) is 0 Å². The molecule has 0 saturated carbocycles. The first kappa shape index (κ1) is 17.9. The lowest BCUT2D eigenvalue weighted by Crippen LogP contribution is -2.47. The van der Waals surface area contributed by atoms with Crippen LogP contribution in [0, 0.1) is 11.2 Å². The largest absolute Gasteiger partial charge is 0.384 e. The maximum absolute atomic E-state index is 13.0. The summed E-state index contributed by atoms with van der Waals surface area (Å²) in [6, 6.07) is 6.36. The van der Waals surface area contributed by atoms with Gasteiger partial charge >= 0.3 is 0 Å². The fourth-order valence-corrected chi connectivity index (χ4v) is 3.18. The zero-order valence-corrected chi connectivity index (χ0v) is 14.0. The van der Waals surface area contributed by atoms with Gasteiger partial charge < -0.3 is 15.4 Å². The van der Waals surface area contributed by atoms with Gasteiger partial charge in [-0.05, 0) is 49.5 Å². The highest BCUT2D eigenvalue weighted by Gasteiger charge is 2.32. The monoisotopic (exact) mass is 322 g/mol. The van der Waals surface area contributed by atoms with Crippen LogP contribution in [-0.4, -0.2) is 39.3 Å². The number of hydrogen-bond acceptors (Lipinski definition) is 3. The van der Waals surface area contributed by atoms with E-state index in [-0.39, 0.29) is 23.1 Å². The number of nitrogens with one attached hydrogen (secondary N) is 2. The first-order valence-corrected chi connectivity index (χ1v) is 8.26. The van der Waals surface area contributed by atoms with Crippen LogP contribution >= 0.6 is 0 Å². The maximum Gasteiger partial charge on any atom is 0.220 e. The molecule has 5 heteroatoms. The average molecular weight is 322 g/mol. The van der Waals surface area contributed by atoms with Crippen molar-refractivity contribution in [3.8, 4) is 0 Å². The molecule has 4 nitrogen and oxygen atoms in total. The summed E-state index contributed by atoms with van der Waals surface area (Å²) in [5.74, 6) is -0.143. The quantitative estimate of drug-likeness (QED) is 0.811. The molecule has 23 heavy (non-hydrogen) atoms. The number of methoxy groups -OCH3 is 1. The summed E-state index contributed by atoms with van der Waals surface area (Å²) >= 11 is 0. The predicted octanol–water partition coefficient (Wildman–Crippen LogP) is 2.45. The van der Waals surface area contributed by atoms with E-state index in [9.17, 15) is 9.18 Å². The Labute approximate surface area is 137 Å². The van der Waals surface area contributed by atoms with Gasteiger partial charge in [0.1, 0.15) is 5.82 Å². The van der Waals surface area contributed by atoms with E-state index in [0.717, 1.165) is 31.5 Å². The van der Waals surface area contributed by atoms with Gasteiger partial charge in [-0.1, -0.05) is 19.1 Å². The van der Waals surface area contributed by atoms with Crippen molar-refractivity contribution in [1.29, 1.82) is 0 Å². The van der Waals surface area contributed by atoms with Gasteiger partial charge in [-0.2, -0.15) is 0 Å². The van der Waals surface area contributed by atoms with Crippen LogP contribution in [-0.2, 0) is 9.53 Å². The van der Waals surface area contributed by atoms with Crippen molar-refractivity contribution >= 4 is 5.91 Å². The van der Waals surface area contributed by atoms with Crippen molar-refractivity contribution in [2.24, 2.45) is 5.41 Å². The van der Waals surface area contributed by atoms with Crippen LogP contribution in [0.1, 0.15) is 37.7 Å². The van der Waals surface area contributed by atoms with Gasteiger partial charge in [0.25, 0.3) is 0 Å². The minimum Gasteiger partial charge on any atom is -0.384 e. The molecule has 0 radical (unpaired) electrons. The second-order valence-corrected chi connectivity index (χ2v) is 6.62. The van der Waals surface area contributed by atoms with Gasteiger partial charge in [-0.15, -0.1) is 0 Å². The van der Waals surface area contributed by atoms with Gasteiger partial charge in [-0.3, -0.25) is 4.79 Å². The molecule has 1 heterocycles. The summed E-state index contributed by atoms with van der Waals surface area (Å²) < 4.78 is 18.3. The van der Waals surface area contributed by atoms with Crippen LogP contribution in [0.3, 0.4) is 0 Å². The Hall–Kier alpha value is -1.46. The van der Waals surface area contributed by atoms with E-state index in [0.29, 0.717) is 19.6 Å². The minimum absolute atomic E-state index is 0.0365. The van der Waals surface area contributed by atoms with Crippen LogP contribution in [0.5, 0.6) is 0 Å². The molecular formula is C18H27FN2O2. The van der Waals surface area contributed by atoms with Crippen molar-refractivity contribution in [3.63, 3.8) is 0 Å². The van der Waals surface area contributed by atoms with Crippen molar-refractivity contribution in [3.05, 3.63) is 35.6 Å². The molecule has 1 amide bonds. The topological polar surface area (TPSA) is 50.4 Å². The summed E-state index contributed by atoms with van der Waals surface area (Å²) in [7, 11) is 1.71. The SMILES string of the molecule is COCC1(CNC(=O)CC(C)c2ccc(F)cc2)CCNCC1. The second kappa shape index (κ2) is 8.41. The number of carbonyl (C=O) groups is 1. The van der Waals surface area contributed by atoms with Crippen LogP contribution in [0.25, 0.3) is 0 Å². The van der Waals surface area contributed by atoms with E-state index in [1.165, 1.54) is 12.1 Å². The highest BCUT2D eigenvalue weighted by molar-refractivity contribution is 5.76. The lowest BCUT2D eigenvalue weighted by molar-refractivity contribution is -0.122. The number of halogens is 1. The third-order valence-electron chi connectivity index (χ3n) is 4.71. The first-order chi connectivity index (χ1) is 11.0. The third kappa shape index (κ3) is 5.29. The Morgan fingerprint density at radius 3 is 2.61 bits per heavy atom. The highest BCUT2D eigenvalue weighted by Crippen LogP contribution is 2.28. The third-order valence-corrected chi connectivity index (χ3v) is 4.71. The van der Waals surface area contributed by atoms with Gasteiger partial charge in [0.05, 0.1) is 6.61 Å². The zero-order valence-electron chi connectivity index (χ0n) is 14.0. The second-order valence-electron chi connectivity index (χ2n) is 6.62. The van der Waals surface area contributed by atoms with Crippen LogP contribution in [0.4, 0.5) is 4.39 Å². The summed E-state index contributed by atoms with van der Waals surface area (Å²) in [6.07, 6.45) is 2.43. The predicted molar refractivity (Wildman–Crippen MR) is 88.9 cm³/mol. The number of piperidine rings is 1. The molecule has 0 spiro atoms. The number of rotatable bonds is 7. The Bertz CT molecular complexity index is 493. The molecule has 2 rings (SSSR count). The smallest absolute Gasteiger partial charge is 0.220 e. The van der Waals surface area contributed by atoms with Crippen molar-refractivity contribution in [2.75, 3.05) is 33.4 Å². The molecule has 1 fully saturated rings. The van der Waals surface area contributed by atoms with Crippen molar-refractivity contribution in [1.82, 2.24) is 10.6 Å². The lowest BCUT2D eigenvalue weighted by atomic mass is 9.79. The van der Waals surface area contributed by atoms with E-state index in [1.54, 1.807) is 19.2 Å². The molecule has 1 aromatic rings. The Balaban J connectivity index is 1.84. The van der Waals surface area contributed by atoms with E-state index in [1.807, 2.05) is 6.92 Å². The molecule has 1 aromatic carbocycles. The van der Waals surface area contributed by atoms with E-state index < -0.39 is 0 Å². The zero-order chi connectivity index (χ0) is 16.7. The van der Waals surface area contributed by atoms with Gasteiger partial charge in [0, 0.05) is 25.5 Å². The van der Waals surface area contributed by atoms with Crippen molar-refractivity contribution in [2.45, 2.75) is 32.1 Å². The number of carbonyl (C=O) groups excluding carboxylic acids is 1. The molecule has 1 aliphatic rings. The van der Waals surface area contributed by atoms with E-state index >= 15 is 0 Å². The standard InChI is InChI=1S/C18H27FN2O2/c1-14(15-3-5-16(19)6-4-15)11-17(22)21-12-18(13-23-2)7-9-20-10-8-18/h3-6,14,20H,7-13H2,1-2H3,(H,21,22). The van der Waals surface area contributed by atoms with E-state index in [2.05, 4.69) is 10.6 Å². The molecule has 2 N–H and O–H groups in total. The average Bonchev–Trinajstić information content (AvgIpc) is 2.55. The lowest BCUT2D eigenvalue weighted by Gasteiger charge is -2.37. The van der Waals surface area contributed by atoms with Crippen LogP contribution < -0.4 is 10.6 Å². The Kier molecular flexibility index (Phi) is 6.54. The van der Waals surface area contributed by atoms with Gasteiger partial charge in [-0.25, -0.2) is 4.39 Å². The molecule has 0 aromatic heterocycles.